The molecule has 6 nitrogen and oxygen atoms in total. The third kappa shape index (κ3) is 3.02. The molecular weight excluding hydrogens is 277 g/mol. The van der Waals surface area contributed by atoms with Gasteiger partial charge in [-0.25, -0.2) is 23.7 Å². The van der Waals surface area contributed by atoms with E-state index in [4.69, 9.17) is 4.74 Å². The Bertz CT molecular complexity index is 702. The van der Waals surface area contributed by atoms with Gasteiger partial charge in [-0.1, -0.05) is 0 Å². The minimum Gasteiger partial charge on any atom is -0.443 e. The Morgan fingerprint density at radius 3 is 2.57 bits per heavy atom. The number of fused-ring (bicyclic) bond motifs is 1. The zero-order valence-corrected chi connectivity index (χ0v) is 12.6. The van der Waals surface area contributed by atoms with Gasteiger partial charge in [0.15, 0.2) is 5.65 Å². The highest BCUT2D eigenvalue weighted by Gasteiger charge is 2.23. The number of rotatable bonds is 1. The average Bonchev–Trinajstić information content (AvgIpc) is 2.60. The standard InChI is InChI=1S/C14H18FN3O3/c1-7(19)11-9(15)6-10-12(17-11)16-8(2)18(10)13(20)21-14(3,4)5/h6-7,19H,1-5H3. The summed E-state index contributed by atoms with van der Waals surface area (Å²) < 4.78 is 20.4. The number of ether oxygens (including phenoxy) is 1. The van der Waals surface area contributed by atoms with Gasteiger partial charge in [0, 0.05) is 6.07 Å². The van der Waals surface area contributed by atoms with Crippen LogP contribution in [0.5, 0.6) is 0 Å². The molecule has 2 aromatic rings. The molecule has 1 atom stereocenters. The maximum Gasteiger partial charge on any atom is 0.420 e. The zero-order valence-electron chi connectivity index (χ0n) is 12.6. The van der Waals surface area contributed by atoms with Crippen molar-refractivity contribution >= 4 is 17.3 Å². The molecule has 0 aliphatic rings. The molecule has 0 aromatic carbocycles. The number of aliphatic hydroxyl groups excluding tert-OH is 1. The number of halogens is 1. The minimum atomic E-state index is -1.05. The van der Waals surface area contributed by atoms with Crippen LogP contribution in [0.4, 0.5) is 9.18 Å². The van der Waals surface area contributed by atoms with Gasteiger partial charge < -0.3 is 9.84 Å². The molecule has 0 spiro atoms. The number of pyridine rings is 1. The van der Waals surface area contributed by atoms with Crippen molar-refractivity contribution in [2.45, 2.75) is 46.3 Å². The molecule has 0 amide bonds. The van der Waals surface area contributed by atoms with Gasteiger partial charge in [-0.3, -0.25) is 0 Å². The maximum absolute atomic E-state index is 13.9. The van der Waals surface area contributed by atoms with Crippen molar-refractivity contribution in [1.29, 1.82) is 0 Å². The number of aliphatic hydroxyl groups is 1. The Kier molecular flexibility index (Phi) is 3.71. The first-order valence-corrected chi connectivity index (χ1v) is 6.57. The van der Waals surface area contributed by atoms with E-state index in [-0.39, 0.29) is 16.9 Å². The number of nitrogens with zero attached hydrogens (tertiary/aromatic N) is 3. The van der Waals surface area contributed by atoms with Gasteiger partial charge in [0.05, 0.1) is 6.10 Å². The van der Waals surface area contributed by atoms with E-state index >= 15 is 0 Å². The van der Waals surface area contributed by atoms with Crippen molar-refractivity contribution in [3.8, 4) is 0 Å². The third-order valence-corrected chi connectivity index (χ3v) is 2.77. The van der Waals surface area contributed by atoms with E-state index < -0.39 is 23.6 Å². The van der Waals surface area contributed by atoms with E-state index in [9.17, 15) is 14.3 Å². The first kappa shape index (κ1) is 15.4. The smallest absolute Gasteiger partial charge is 0.420 e. The van der Waals surface area contributed by atoms with Gasteiger partial charge in [0.25, 0.3) is 0 Å². The Hall–Kier alpha value is -2.02. The molecule has 0 fully saturated rings. The number of carbonyl (C=O) groups excluding carboxylic acids is 1. The number of aromatic nitrogens is 3. The van der Waals surface area contributed by atoms with E-state index in [1.165, 1.54) is 11.5 Å². The predicted octanol–water partition coefficient (Wildman–Crippen LogP) is 2.72. The van der Waals surface area contributed by atoms with Crippen molar-refractivity contribution in [2.24, 2.45) is 0 Å². The monoisotopic (exact) mass is 295 g/mol. The van der Waals surface area contributed by atoms with E-state index in [1.807, 2.05) is 0 Å². The summed E-state index contributed by atoms with van der Waals surface area (Å²) in [5.41, 5.74) is -0.373. The largest absolute Gasteiger partial charge is 0.443 e. The van der Waals surface area contributed by atoms with Gasteiger partial charge in [-0.05, 0) is 34.6 Å². The summed E-state index contributed by atoms with van der Waals surface area (Å²) in [5.74, 6) is -0.351. The normalized spacial score (nSPS) is 13.5. The lowest BCUT2D eigenvalue weighted by Gasteiger charge is -2.20. The average molecular weight is 295 g/mol. The van der Waals surface area contributed by atoms with Crippen LogP contribution in [0.1, 0.15) is 45.3 Å². The van der Waals surface area contributed by atoms with Crippen LogP contribution in [0.15, 0.2) is 6.07 Å². The van der Waals surface area contributed by atoms with Crippen LogP contribution in [-0.2, 0) is 4.74 Å². The molecule has 21 heavy (non-hydrogen) atoms. The van der Waals surface area contributed by atoms with Crippen molar-refractivity contribution < 1.29 is 19.0 Å². The van der Waals surface area contributed by atoms with Crippen molar-refractivity contribution in [3.63, 3.8) is 0 Å². The molecule has 2 heterocycles. The second-order valence-corrected chi connectivity index (χ2v) is 5.85. The summed E-state index contributed by atoms with van der Waals surface area (Å²) in [6.07, 6.45) is -1.70. The number of carbonyl (C=O) groups is 1. The minimum absolute atomic E-state index is 0.101. The second-order valence-electron chi connectivity index (χ2n) is 5.85. The van der Waals surface area contributed by atoms with Gasteiger partial charge >= 0.3 is 6.09 Å². The quantitative estimate of drug-likeness (QED) is 0.875. The SMILES string of the molecule is Cc1nc2nc(C(C)O)c(F)cc2n1C(=O)OC(C)(C)C. The third-order valence-electron chi connectivity index (χ3n) is 2.77. The van der Waals surface area contributed by atoms with Gasteiger partial charge in [0.1, 0.15) is 28.5 Å². The van der Waals surface area contributed by atoms with E-state index in [1.54, 1.807) is 27.7 Å². The summed E-state index contributed by atoms with van der Waals surface area (Å²) in [6, 6.07) is 1.13. The van der Waals surface area contributed by atoms with Crippen molar-refractivity contribution in [2.75, 3.05) is 0 Å². The first-order valence-electron chi connectivity index (χ1n) is 6.57. The number of aryl methyl sites for hydroxylation is 1. The summed E-state index contributed by atoms with van der Waals surface area (Å²) in [6.45, 7) is 8.23. The van der Waals surface area contributed by atoms with Crippen LogP contribution < -0.4 is 0 Å². The molecule has 0 bridgehead atoms. The number of imidazole rings is 1. The van der Waals surface area contributed by atoms with E-state index in [0.717, 1.165) is 6.07 Å². The van der Waals surface area contributed by atoms with Crippen LogP contribution in [0, 0.1) is 12.7 Å². The fraction of sp³-hybridized carbons (Fsp3) is 0.500. The summed E-state index contributed by atoms with van der Waals surface area (Å²) in [7, 11) is 0. The van der Waals surface area contributed by atoms with Crippen LogP contribution >= 0.6 is 0 Å². The van der Waals surface area contributed by atoms with Gasteiger partial charge in [-0.15, -0.1) is 0 Å². The summed E-state index contributed by atoms with van der Waals surface area (Å²) >= 11 is 0. The molecule has 1 unspecified atom stereocenters. The lowest BCUT2D eigenvalue weighted by molar-refractivity contribution is 0.0540. The van der Waals surface area contributed by atoms with E-state index in [2.05, 4.69) is 9.97 Å². The maximum atomic E-state index is 13.9. The van der Waals surface area contributed by atoms with Crippen LogP contribution in [-0.4, -0.2) is 31.3 Å². The zero-order chi connectivity index (χ0) is 15.9. The topological polar surface area (TPSA) is 77.2 Å². The van der Waals surface area contributed by atoms with Crippen LogP contribution in [0.2, 0.25) is 0 Å². The highest BCUT2D eigenvalue weighted by Crippen LogP contribution is 2.22. The van der Waals surface area contributed by atoms with E-state index in [0.29, 0.717) is 5.82 Å². The fourth-order valence-electron chi connectivity index (χ4n) is 1.94. The van der Waals surface area contributed by atoms with Gasteiger partial charge in [-0.2, -0.15) is 0 Å². The molecular formula is C14H18FN3O3. The highest BCUT2D eigenvalue weighted by atomic mass is 19.1. The molecule has 1 N–H and O–H groups in total. The van der Waals surface area contributed by atoms with Gasteiger partial charge in [0.2, 0.25) is 0 Å². The predicted molar refractivity (Wildman–Crippen MR) is 74.5 cm³/mol. The van der Waals surface area contributed by atoms with Crippen molar-refractivity contribution in [3.05, 3.63) is 23.4 Å². The Balaban J connectivity index is 2.58. The lowest BCUT2D eigenvalue weighted by atomic mass is 10.2. The fourth-order valence-corrected chi connectivity index (χ4v) is 1.94. The summed E-state index contributed by atoms with van der Waals surface area (Å²) in [5, 5.41) is 9.47. The molecule has 114 valence electrons. The van der Waals surface area contributed by atoms with Crippen LogP contribution in [0.3, 0.4) is 0 Å². The molecule has 0 aliphatic heterocycles. The molecule has 0 saturated carbocycles. The Labute approximate surface area is 121 Å². The summed E-state index contributed by atoms with van der Waals surface area (Å²) in [4.78, 5) is 20.3. The first-order chi connectivity index (χ1) is 9.60. The molecule has 7 heteroatoms. The number of hydrogen-bond acceptors (Lipinski definition) is 5. The molecule has 2 rings (SSSR count). The lowest BCUT2D eigenvalue weighted by Crippen LogP contribution is -2.27. The Morgan fingerprint density at radius 1 is 1.43 bits per heavy atom. The molecule has 0 radical (unpaired) electrons. The molecule has 0 aliphatic carbocycles. The van der Waals surface area contributed by atoms with Crippen LogP contribution in [0.25, 0.3) is 11.2 Å². The Morgan fingerprint density at radius 2 is 2.05 bits per heavy atom. The molecule has 0 saturated heterocycles. The highest BCUT2D eigenvalue weighted by molar-refractivity contribution is 5.86. The number of hydrogen-bond donors (Lipinski definition) is 1. The van der Waals surface area contributed by atoms with Crippen molar-refractivity contribution in [1.82, 2.24) is 14.5 Å². The molecule has 2 aromatic heterocycles. The second kappa shape index (κ2) is 5.07.